The van der Waals surface area contributed by atoms with Crippen molar-refractivity contribution in [1.82, 2.24) is 0 Å². The molecule has 0 N–H and O–H groups in total. The van der Waals surface area contributed by atoms with Crippen molar-refractivity contribution in [3.05, 3.63) is 193 Å². The number of hydrogen-bond acceptors (Lipinski definition) is 3. The number of hydrogen-bond donors (Lipinski definition) is 0. The van der Waals surface area contributed by atoms with Crippen molar-refractivity contribution in [2.24, 2.45) is 0 Å². The zero-order chi connectivity index (χ0) is 38.0. The van der Waals surface area contributed by atoms with Gasteiger partial charge in [0, 0.05) is 36.9 Å². The van der Waals surface area contributed by atoms with Crippen LogP contribution in [0.25, 0.3) is 108 Å². The lowest BCUT2D eigenvalue weighted by Crippen LogP contribution is -1.92. The molecule has 262 valence electrons. The molecule has 0 unspecified atom stereocenters. The first-order chi connectivity index (χ1) is 28.2. The highest BCUT2D eigenvalue weighted by molar-refractivity contribution is 7.26. The van der Waals surface area contributed by atoms with Crippen LogP contribution >= 0.6 is 11.3 Å². The van der Waals surface area contributed by atoms with Gasteiger partial charge in [-0.3, -0.25) is 0 Å². The van der Waals surface area contributed by atoms with Crippen molar-refractivity contribution in [3.63, 3.8) is 0 Å². The van der Waals surface area contributed by atoms with Crippen LogP contribution < -0.4 is 0 Å². The second kappa shape index (κ2) is 13.0. The normalized spacial score (nSPS) is 11.5. The molecule has 0 amide bonds. The van der Waals surface area contributed by atoms with Gasteiger partial charge in [0.1, 0.15) is 0 Å². The highest BCUT2D eigenvalue weighted by Gasteiger charge is 2.22. The van der Waals surface area contributed by atoms with Gasteiger partial charge in [-0.15, -0.1) is 11.3 Å². The molecule has 0 spiro atoms. The fourth-order valence-electron chi connectivity index (χ4n) is 9.19. The molecule has 0 bridgehead atoms. The van der Waals surface area contributed by atoms with Gasteiger partial charge in [-0.1, -0.05) is 158 Å². The predicted octanol–water partition coefficient (Wildman–Crippen LogP) is 15.1. The van der Waals surface area contributed by atoms with Crippen LogP contribution in [-0.2, 0) is 0 Å². The molecule has 0 atom stereocenters. The third-order valence-corrected chi connectivity index (χ3v) is 12.8. The average molecular weight is 739 g/mol. The lowest BCUT2D eigenvalue weighted by Gasteiger charge is -2.18. The summed E-state index contributed by atoms with van der Waals surface area (Å²) < 4.78 is 2.49. The van der Waals surface area contributed by atoms with Gasteiger partial charge in [-0.05, 0) is 95.2 Å². The van der Waals surface area contributed by atoms with E-state index < -0.39 is 0 Å². The van der Waals surface area contributed by atoms with Gasteiger partial charge in [0.15, 0.2) is 0 Å². The summed E-state index contributed by atoms with van der Waals surface area (Å²) in [4.78, 5) is 0. The molecule has 0 fully saturated rings. The minimum atomic E-state index is 0.671. The van der Waals surface area contributed by atoms with E-state index >= 15 is 0 Å². The summed E-state index contributed by atoms with van der Waals surface area (Å²) in [7, 11) is 0. The van der Waals surface area contributed by atoms with Gasteiger partial charge in [-0.2, -0.15) is 10.5 Å². The summed E-state index contributed by atoms with van der Waals surface area (Å²) in [5.41, 5.74) is 10.2. The zero-order valence-electron chi connectivity index (χ0n) is 30.6. The molecule has 0 radical (unpaired) electrons. The zero-order valence-corrected chi connectivity index (χ0v) is 31.4. The minimum Gasteiger partial charge on any atom is -0.192 e. The van der Waals surface area contributed by atoms with Gasteiger partial charge in [-0.25, -0.2) is 0 Å². The molecular formula is C54H30N2S. The van der Waals surface area contributed by atoms with Crippen LogP contribution in [-0.4, -0.2) is 0 Å². The Kier molecular flexibility index (Phi) is 7.51. The van der Waals surface area contributed by atoms with Crippen molar-refractivity contribution in [2.75, 3.05) is 0 Å². The Morgan fingerprint density at radius 2 is 0.684 bits per heavy atom. The molecular weight excluding hydrogens is 709 g/mol. The molecule has 1 aromatic heterocycles. The lowest BCUT2D eigenvalue weighted by atomic mass is 9.84. The summed E-state index contributed by atoms with van der Waals surface area (Å²) >= 11 is 1.85. The minimum absolute atomic E-state index is 0.671. The van der Waals surface area contributed by atoms with E-state index in [2.05, 4.69) is 158 Å². The molecule has 3 heteroatoms. The van der Waals surface area contributed by atoms with E-state index in [1.165, 1.54) is 47.6 Å². The fraction of sp³-hybridized carbons (Fsp3) is 0. The summed E-state index contributed by atoms with van der Waals surface area (Å²) in [6, 6.07) is 69.0. The van der Waals surface area contributed by atoms with Crippen LogP contribution in [0.5, 0.6) is 0 Å². The highest BCUT2D eigenvalue weighted by atomic mass is 32.1. The van der Waals surface area contributed by atoms with Crippen LogP contribution in [0, 0.1) is 22.7 Å². The quantitative estimate of drug-likeness (QED) is 0.169. The number of nitrogens with zero attached hydrogens (tertiary/aromatic N) is 2. The van der Waals surface area contributed by atoms with E-state index in [1.807, 2.05) is 47.7 Å². The maximum absolute atomic E-state index is 10.2. The molecule has 57 heavy (non-hydrogen) atoms. The lowest BCUT2D eigenvalue weighted by molar-refractivity contribution is 1.48. The average Bonchev–Trinajstić information content (AvgIpc) is 3.66. The van der Waals surface area contributed by atoms with E-state index in [1.54, 1.807) is 0 Å². The van der Waals surface area contributed by atoms with Crippen molar-refractivity contribution in [2.45, 2.75) is 0 Å². The topological polar surface area (TPSA) is 47.6 Å². The molecule has 11 rings (SSSR count). The summed E-state index contributed by atoms with van der Waals surface area (Å²) in [6.45, 7) is 0. The number of fused-ring (bicyclic) bond motifs is 7. The maximum atomic E-state index is 10.2. The largest absolute Gasteiger partial charge is 0.192 e. The fourth-order valence-corrected chi connectivity index (χ4v) is 10.4. The van der Waals surface area contributed by atoms with Crippen LogP contribution in [0.15, 0.2) is 182 Å². The van der Waals surface area contributed by atoms with Crippen LogP contribution in [0.4, 0.5) is 0 Å². The maximum Gasteiger partial charge on any atom is 0.0998 e. The molecule has 0 aliphatic carbocycles. The van der Waals surface area contributed by atoms with Gasteiger partial charge in [0.05, 0.1) is 23.3 Å². The Balaban J connectivity index is 1.18. The first-order valence-electron chi connectivity index (χ1n) is 19.1. The van der Waals surface area contributed by atoms with E-state index in [0.717, 1.165) is 60.1 Å². The third kappa shape index (κ3) is 4.94. The third-order valence-electron chi connectivity index (χ3n) is 11.6. The Morgan fingerprint density at radius 3 is 1.14 bits per heavy atom. The number of nitriles is 2. The Bertz CT molecular complexity index is 3440. The SMILES string of the molecule is N#Cc1ccccc1-c1c2ccccc2c(-c2ccc3sc4c(-c5c6ccccc6c(-c6ccccc6C#N)c6ccccc56)cccc4c3c2)c2ccccc12. The second-order valence-electron chi connectivity index (χ2n) is 14.5. The van der Waals surface area contributed by atoms with E-state index in [0.29, 0.717) is 11.1 Å². The molecule has 11 aromatic rings. The molecule has 0 aliphatic rings. The van der Waals surface area contributed by atoms with Crippen LogP contribution in [0.3, 0.4) is 0 Å². The first-order valence-corrected chi connectivity index (χ1v) is 19.9. The van der Waals surface area contributed by atoms with Crippen LogP contribution in [0.2, 0.25) is 0 Å². The smallest absolute Gasteiger partial charge is 0.0998 e. The van der Waals surface area contributed by atoms with Crippen molar-refractivity contribution in [1.29, 1.82) is 10.5 Å². The second-order valence-corrected chi connectivity index (χ2v) is 15.5. The Hall–Kier alpha value is -7.56. The molecule has 2 nitrogen and oxygen atoms in total. The summed E-state index contributed by atoms with van der Waals surface area (Å²) in [5.74, 6) is 0. The van der Waals surface area contributed by atoms with Crippen molar-refractivity contribution in [3.8, 4) is 56.6 Å². The number of rotatable bonds is 4. The first kappa shape index (κ1) is 32.8. The molecule has 0 saturated heterocycles. The molecule has 10 aromatic carbocycles. The molecule has 0 saturated carbocycles. The molecule has 0 aliphatic heterocycles. The van der Waals surface area contributed by atoms with Gasteiger partial charge in [0.25, 0.3) is 0 Å². The number of thiophene rings is 1. The van der Waals surface area contributed by atoms with Crippen LogP contribution in [0.1, 0.15) is 11.1 Å². The number of benzene rings is 10. The predicted molar refractivity (Wildman–Crippen MR) is 241 cm³/mol. The van der Waals surface area contributed by atoms with Gasteiger partial charge >= 0.3 is 0 Å². The van der Waals surface area contributed by atoms with Gasteiger partial charge < -0.3 is 0 Å². The van der Waals surface area contributed by atoms with Crippen molar-refractivity contribution >= 4 is 74.6 Å². The van der Waals surface area contributed by atoms with E-state index in [9.17, 15) is 10.5 Å². The van der Waals surface area contributed by atoms with E-state index in [-0.39, 0.29) is 0 Å². The Morgan fingerprint density at radius 1 is 0.316 bits per heavy atom. The Labute approximate surface area is 333 Å². The summed E-state index contributed by atoms with van der Waals surface area (Å²) in [5, 5.41) is 31.9. The summed E-state index contributed by atoms with van der Waals surface area (Å²) in [6.07, 6.45) is 0. The molecule has 1 heterocycles. The monoisotopic (exact) mass is 738 g/mol. The standard InChI is InChI=1S/C54H30N2S/c55-31-34-14-1-3-16-36(34)51-40-20-7-5-18-38(40)50(39-19-6-8-21-41(39)51)33-28-29-49-48(30-33)46-26-13-27-47(54(46)57-49)53-44-24-11-9-22-42(44)52(43-23-10-12-25-45(43)53)37-17-4-2-15-35(37)32-56/h1-30H. The van der Waals surface area contributed by atoms with Gasteiger partial charge in [0.2, 0.25) is 0 Å². The van der Waals surface area contributed by atoms with Crippen molar-refractivity contribution < 1.29 is 0 Å². The highest BCUT2D eigenvalue weighted by Crippen LogP contribution is 2.50. The van der Waals surface area contributed by atoms with E-state index in [4.69, 9.17) is 0 Å².